The van der Waals surface area contributed by atoms with Crippen molar-refractivity contribution in [2.75, 3.05) is 0 Å². The van der Waals surface area contributed by atoms with Gasteiger partial charge >= 0.3 is 0 Å². The molecule has 3 rings (SSSR count). The molecule has 0 bridgehead atoms. The highest BCUT2D eigenvalue weighted by molar-refractivity contribution is 5.78. The molecule has 0 amide bonds. The summed E-state index contributed by atoms with van der Waals surface area (Å²) in [6.45, 7) is 1.92. The number of nitriles is 1. The van der Waals surface area contributed by atoms with Crippen LogP contribution in [0.1, 0.15) is 24.4 Å². The minimum Gasteiger partial charge on any atom is -0.324 e. The summed E-state index contributed by atoms with van der Waals surface area (Å²) in [4.78, 5) is 9.01. The molecule has 2 N–H and O–H groups in total. The number of benzene rings is 1. The molecule has 5 heteroatoms. The highest BCUT2D eigenvalue weighted by Crippen LogP contribution is 2.25. The number of pyridine rings is 1. The van der Waals surface area contributed by atoms with Gasteiger partial charge in [0.2, 0.25) is 0 Å². The van der Waals surface area contributed by atoms with Crippen LogP contribution < -0.4 is 5.73 Å². The van der Waals surface area contributed by atoms with Gasteiger partial charge in [0.05, 0.1) is 23.5 Å². The Labute approximate surface area is 122 Å². The quantitative estimate of drug-likeness (QED) is 0.797. The van der Waals surface area contributed by atoms with Gasteiger partial charge in [0, 0.05) is 17.8 Å². The molecule has 5 nitrogen and oxygen atoms in total. The largest absolute Gasteiger partial charge is 0.324 e. The number of rotatable bonds is 3. The van der Waals surface area contributed by atoms with E-state index in [2.05, 4.69) is 16.0 Å². The van der Waals surface area contributed by atoms with E-state index in [1.807, 2.05) is 47.9 Å². The molecule has 0 unspecified atom stereocenters. The maximum atomic E-state index is 9.05. The predicted octanol–water partition coefficient (Wildman–Crippen LogP) is 2.51. The van der Waals surface area contributed by atoms with Crippen LogP contribution in [0.15, 0.2) is 42.6 Å². The van der Waals surface area contributed by atoms with Gasteiger partial charge in [-0.05, 0) is 25.1 Å². The monoisotopic (exact) mass is 277 g/mol. The zero-order chi connectivity index (χ0) is 14.8. The third kappa shape index (κ3) is 2.26. The Morgan fingerprint density at radius 3 is 2.86 bits per heavy atom. The molecule has 2 heterocycles. The summed E-state index contributed by atoms with van der Waals surface area (Å²) in [6.07, 6.45) is 1.95. The summed E-state index contributed by atoms with van der Waals surface area (Å²) in [5.41, 5.74) is 8.76. The normalized spacial score (nSPS) is 12.2. The number of hydrogen-bond acceptors (Lipinski definition) is 4. The molecule has 0 saturated heterocycles. The van der Waals surface area contributed by atoms with Crippen molar-refractivity contribution in [2.45, 2.75) is 19.4 Å². The first kappa shape index (κ1) is 13.3. The van der Waals surface area contributed by atoms with Gasteiger partial charge in [0.1, 0.15) is 11.6 Å². The molecule has 3 aromatic rings. The van der Waals surface area contributed by atoms with E-state index < -0.39 is 0 Å². The molecule has 0 spiro atoms. The van der Waals surface area contributed by atoms with E-state index >= 15 is 0 Å². The maximum absolute atomic E-state index is 9.05. The van der Waals surface area contributed by atoms with Crippen molar-refractivity contribution < 1.29 is 0 Å². The number of para-hydroxylation sites is 2. The van der Waals surface area contributed by atoms with Crippen molar-refractivity contribution in [2.24, 2.45) is 5.73 Å². The van der Waals surface area contributed by atoms with Gasteiger partial charge < -0.3 is 5.73 Å². The fourth-order valence-corrected chi connectivity index (χ4v) is 2.45. The van der Waals surface area contributed by atoms with Crippen molar-refractivity contribution in [3.8, 4) is 11.9 Å². The van der Waals surface area contributed by atoms with Crippen LogP contribution in [0.5, 0.6) is 0 Å². The van der Waals surface area contributed by atoms with E-state index in [1.165, 1.54) is 0 Å². The van der Waals surface area contributed by atoms with E-state index in [-0.39, 0.29) is 12.5 Å². The van der Waals surface area contributed by atoms with E-state index in [9.17, 15) is 0 Å². The van der Waals surface area contributed by atoms with Crippen LogP contribution in [0.2, 0.25) is 0 Å². The fraction of sp³-hybridized carbons (Fsp3) is 0.188. The minimum atomic E-state index is -0.148. The molecule has 1 atom stereocenters. The smallest absolute Gasteiger partial charge is 0.143 e. The average molecular weight is 277 g/mol. The van der Waals surface area contributed by atoms with Gasteiger partial charge in [0.25, 0.3) is 0 Å². The minimum absolute atomic E-state index is 0.148. The first-order valence-corrected chi connectivity index (χ1v) is 6.76. The summed E-state index contributed by atoms with van der Waals surface area (Å²) in [7, 11) is 0. The number of hydrogen-bond donors (Lipinski definition) is 1. The molecule has 0 aliphatic rings. The van der Waals surface area contributed by atoms with E-state index in [0.717, 1.165) is 22.4 Å². The molecular weight excluding hydrogens is 262 g/mol. The highest BCUT2D eigenvalue weighted by Gasteiger charge is 2.17. The van der Waals surface area contributed by atoms with Crippen LogP contribution in [0.4, 0.5) is 0 Å². The molecule has 0 aliphatic carbocycles. The first-order valence-electron chi connectivity index (χ1n) is 6.76. The van der Waals surface area contributed by atoms with Gasteiger partial charge in [-0.25, -0.2) is 9.97 Å². The second kappa shape index (κ2) is 5.35. The van der Waals surface area contributed by atoms with Gasteiger partial charge in [-0.3, -0.25) is 4.57 Å². The van der Waals surface area contributed by atoms with E-state index in [4.69, 9.17) is 11.0 Å². The lowest BCUT2D eigenvalue weighted by atomic mass is 10.1. The van der Waals surface area contributed by atoms with Crippen molar-refractivity contribution in [1.82, 2.24) is 14.5 Å². The highest BCUT2D eigenvalue weighted by atomic mass is 15.1. The van der Waals surface area contributed by atoms with E-state index in [0.29, 0.717) is 5.82 Å². The van der Waals surface area contributed by atoms with Gasteiger partial charge in [-0.15, -0.1) is 0 Å². The molecular formula is C16H15N5. The third-order valence-corrected chi connectivity index (χ3v) is 3.39. The lowest BCUT2D eigenvalue weighted by Gasteiger charge is -2.14. The Hall–Kier alpha value is -2.71. The second-order valence-corrected chi connectivity index (χ2v) is 4.89. The van der Waals surface area contributed by atoms with Crippen LogP contribution in [-0.2, 0) is 6.42 Å². The first-order chi connectivity index (χ1) is 10.2. The molecule has 0 saturated carbocycles. The number of aromatic nitrogens is 3. The third-order valence-electron chi connectivity index (χ3n) is 3.39. The molecule has 1 aromatic carbocycles. The number of nitrogens with zero attached hydrogens (tertiary/aromatic N) is 4. The summed E-state index contributed by atoms with van der Waals surface area (Å²) < 4.78 is 1.93. The zero-order valence-electron chi connectivity index (χ0n) is 11.7. The van der Waals surface area contributed by atoms with Gasteiger partial charge in [-0.1, -0.05) is 18.2 Å². The SMILES string of the molecule is C[C@H](N)c1cccnc1-n1c(CC#N)nc2ccccc21. The Balaban J connectivity index is 2.34. The van der Waals surface area contributed by atoms with Crippen LogP contribution in [0.25, 0.3) is 16.9 Å². The fourth-order valence-electron chi connectivity index (χ4n) is 2.45. The summed E-state index contributed by atoms with van der Waals surface area (Å²) in [5, 5.41) is 9.05. The van der Waals surface area contributed by atoms with Crippen molar-refractivity contribution in [3.05, 3.63) is 54.0 Å². The molecule has 21 heavy (non-hydrogen) atoms. The van der Waals surface area contributed by atoms with Crippen LogP contribution in [-0.4, -0.2) is 14.5 Å². The topological polar surface area (TPSA) is 80.5 Å². The lowest BCUT2D eigenvalue weighted by Crippen LogP contribution is -2.12. The van der Waals surface area contributed by atoms with Crippen molar-refractivity contribution in [1.29, 1.82) is 5.26 Å². The zero-order valence-corrected chi connectivity index (χ0v) is 11.7. The lowest BCUT2D eigenvalue weighted by molar-refractivity contribution is 0.786. The number of nitrogens with two attached hydrogens (primary N) is 1. The van der Waals surface area contributed by atoms with Crippen LogP contribution in [0, 0.1) is 11.3 Å². The predicted molar refractivity (Wildman–Crippen MR) is 80.8 cm³/mol. The summed E-state index contributed by atoms with van der Waals surface area (Å²) in [5.74, 6) is 1.42. The Morgan fingerprint density at radius 1 is 1.29 bits per heavy atom. The Morgan fingerprint density at radius 2 is 2.10 bits per heavy atom. The number of fused-ring (bicyclic) bond motifs is 1. The standard InChI is InChI=1S/C16H15N5/c1-11(18)12-5-4-10-19-16(12)21-14-7-3-2-6-13(14)20-15(21)8-9-17/h2-7,10-11H,8,18H2,1H3/t11-/m0/s1. The summed E-state index contributed by atoms with van der Waals surface area (Å²) in [6, 6.07) is 13.6. The molecule has 0 radical (unpaired) electrons. The molecule has 0 fully saturated rings. The molecule has 0 aliphatic heterocycles. The second-order valence-electron chi connectivity index (χ2n) is 4.89. The molecule has 104 valence electrons. The number of imidazole rings is 1. The van der Waals surface area contributed by atoms with Gasteiger partial charge in [0.15, 0.2) is 0 Å². The Bertz CT molecular complexity index is 826. The van der Waals surface area contributed by atoms with Crippen molar-refractivity contribution >= 4 is 11.0 Å². The summed E-state index contributed by atoms with van der Waals surface area (Å²) >= 11 is 0. The Kier molecular flexibility index (Phi) is 3.38. The van der Waals surface area contributed by atoms with Crippen LogP contribution >= 0.6 is 0 Å². The van der Waals surface area contributed by atoms with E-state index in [1.54, 1.807) is 6.20 Å². The average Bonchev–Trinajstić information content (AvgIpc) is 2.85. The van der Waals surface area contributed by atoms with Crippen LogP contribution in [0.3, 0.4) is 0 Å². The van der Waals surface area contributed by atoms with Crippen molar-refractivity contribution in [3.63, 3.8) is 0 Å². The molecule has 2 aromatic heterocycles. The van der Waals surface area contributed by atoms with Gasteiger partial charge in [-0.2, -0.15) is 5.26 Å². The maximum Gasteiger partial charge on any atom is 0.143 e.